The number of aryl methyl sites for hydroxylation is 1. The minimum absolute atomic E-state index is 0.0894. The maximum Gasteiger partial charge on any atom is 0.573 e. The summed E-state index contributed by atoms with van der Waals surface area (Å²) in [6, 6.07) is 10.4. The highest BCUT2D eigenvalue weighted by Crippen LogP contribution is 2.38. The van der Waals surface area contributed by atoms with Crippen molar-refractivity contribution in [3.8, 4) is 22.8 Å². The number of carbonyl (C=O) groups is 2. The third-order valence-corrected chi connectivity index (χ3v) is 7.54. The van der Waals surface area contributed by atoms with Crippen LogP contribution in [0.25, 0.3) is 17.1 Å². The molecule has 1 fully saturated rings. The summed E-state index contributed by atoms with van der Waals surface area (Å²) < 4.78 is 127. The molecule has 1 saturated heterocycles. The molecule has 0 spiro atoms. The maximum atomic E-state index is 14.2. The van der Waals surface area contributed by atoms with Crippen LogP contribution >= 0.6 is 11.8 Å². The van der Waals surface area contributed by atoms with Gasteiger partial charge in [-0.05, 0) is 61.0 Å². The molecule has 3 aromatic carbocycles. The molecule has 10 nitrogen and oxygen atoms in total. The molecule has 1 aliphatic rings. The summed E-state index contributed by atoms with van der Waals surface area (Å²) in [5.41, 5.74) is -1.04. The van der Waals surface area contributed by atoms with E-state index < -0.39 is 60.9 Å². The van der Waals surface area contributed by atoms with E-state index in [1.165, 1.54) is 30.3 Å². The number of urea groups is 1. The summed E-state index contributed by atoms with van der Waals surface area (Å²) >= 11 is 0.795. The molecular weight excluding hydrogens is 711 g/mol. The molecule has 0 radical (unpaired) electrons. The predicted octanol–water partition coefficient (Wildman–Crippen LogP) is 7.91. The first-order chi connectivity index (χ1) is 23.4. The molecule has 5 rings (SSSR count). The Labute approximate surface area is 279 Å². The van der Waals surface area contributed by atoms with Gasteiger partial charge in [0.15, 0.2) is 11.0 Å². The van der Waals surface area contributed by atoms with E-state index in [4.69, 9.17) is 4.74 Å². The zero-order chi connectivity index (χ0) is 36.4. The number of thioether (sulfide) groups is 1. The number of benzene rings is 3. The maximum absolute atomic E-state index is 14.2. The quantitative estimate of drug-likeness (QED) is 0.184. The van der Waals surface area contributed by atoms with Crippen LogP contribution in [0.4, 0.5) is 55.7 Å². The number of amidine groups is 1. The number of hydrogen-bond acceptors (Lipinski definition) is 7. The molecule has 264 valence electrons. The van der Waals surface area contributed by atoms with Crippen LogP contribution in [0.15, 0.2) is 72.0 Å². The zero-order valence-corrected chi connectivity index (χ0v) is 26.0. The molecule has 1 aliphatic heterocycles. The summed E-state index contributed by atoms with van der Waals surface area (Å²) in [5.74, 6) is -1.48. The van der Waals surface area contributed by atoms with Crippen molar-refractivity contribution < 1.29 is 58.6 Å². The second-order valence-corrected chi connectivity index (χ2v) is 11.3. The van der Waals surface area contributed by atoms with E-state index in [-0.39, 0.29) is 39.2 Å². The molecular formula is C30H21F9N6O4S. The second kappa shape index (κ2) is 14.0. The minimum Gasteiger partial charge on any atom is -0.406 e. The van der Waals surface area contributed by atoms with Crippen LogP contribution in [-0.4, -0.2) is 56.8 Å². The lowest BCUT2D eigenvalue weighted by molar-refractivity contribution is -0.274. The predicted molar refractivity (Wildman–Crippen MR) is 162 cm³/mol. The number of ether oxygens (including phenoxy) is 2. The van der Waals surface area contributed by atoms with Gasteiger partial charge >= 0.3 is 24.7 Å². The monoisotopic (exact) mass is 732 g/mol. The average molecular weight is 733 g/mol. The van der Waals surface area contributed by atoms with Gasteiger partial charge < -0.3 is 14.8 Å². The number of carbonyl (C=O) groups excluding carboxylic acids is 2. The first-order valence-corrected chi connectivity index (χ1v) is 14.9. The summed E-state index contributed by atoms with van der Waals surface area (Å²) in [6.45, 7) is -0.443. The first-order valence-electron chi connectivity index (χ1n) is 14.0. The Balaban J connectivity index is 1.37. The summed E-state index contributed by atoms with van der Waals surface area (Å²) in [6.07, 6.45) is -13.4. The van der Waals surface area contributed by atoms with Gasteiger partial charge in [-0.2, -0.15) is 31.3 Å². The van der Waals surface area contributed by atoms with E-state index in [1.54, 1.807) is 13.0 Å². The minimum atomic E-state index is -5.00. The number of nitrogens with zero attached hydrogens (tertiary/aromatic N) is 5. The molecule has 0 aliphatic carbocycles. The van der Waals surface area contributed by atoms with Crippen LogP contribution in [0.1, 0.15) is 16.7 Å². The Kier molecular flexibility index (Phi) is 10.1. The van der Waals surface area contributed by atoms with E-state index in [2.05, 4.69) is 25.1 Å². The fourth-order valence-electron chi connectivity index (χ4n) is 4.54. The largest absolute Gasteiger partial charge is 0.573 e. The molecule has 1 aromatic heterocycles. The number of aliphatic imine (C=N–C) groups is 1. The molecule has 0 saturated carbocycles. The van der Waals surface area contributed by atoms with Gasteiger partial charge in [-0.25, -0.2) is 14.5 Å². The molecule has 0 bridgehead atoms. The molecule has 3 amide bonds. The third-order valence-electron chi connectivity index (χ3n) is 6.62. The summed E-state index contributed by atoms with van der Waals surface area (Å²) in [4.78, 5) is 34.5. The Bertz CT molecular complexity index is 1930. The van der Waals surface area contributed by atoms with E-state index in [0.717, 1.165) is 45.9 Å². The normalized spacial score (nSPS) is 14.8. The molecule has 4 aromatic rings. The van der Waals surface area contributed by atoms with Crippen molar-refractivity contribution in [3.63, 3.8) is 0 Å². The number of anilines is 2. The lowest BCUT2D eigenvalue weighted by Crippen LogP contribution is -2.31. The van der Waals surface area contributed by atoms with Crippen molar-refractivity contribution in [2.45, 2.75) is 32.2 Å². The topological polar surface area (TPSA) is 111 Å². The lowest BCUT2D eigenvalue weighted by atomic mass is 10.1. The van der Waals surface area contributed by atoms with Crippen LogP contribution in [0, 0.1) is 6.92 Å². The molecule has 0 unspecified atom stereocenters. The first kappa shape index (κ1) is 36.2. The number of alkyl halides is 9. The zero-order valence-electron chi connectivity index (χ0n) is 25.2. The standard InChI is InChI=1S/C30H21F9N6O4S/c1-16-2-3-18(12-48-14-28(31,32)33)23(10-16)45-24(46)13-50-27(45)42-26(47)41-22-9-4-17(11-21(22)29(34,35)36)25-40-15-44(43-25)19-5-7-20(8-6-19)49-30(37,38)39/h2-11,15H,12-14H2,1H3,(H,41,47)/b42-27-. The van der Waals surface area contributed by atoms with E-state index in [1.807, 2.05) is 0 Å². The van der Waals surface area contributed by atoms with Gasteiger partial charge in [-0.3, -0.25) is 9.69 Å². The van der Waals surface area contributed by atoms with Gasteiger partial charge in [0.2, 0.25) is 5.91 Å². The molecule has 1 N–H and O–H groups in total. The van der Waals surface area contributed by atoms with Gasteiger partial charge in [0.25, 0.3) is 0 Å². The number of hydrogen-bond donors (Lipinski definition) is 1. The number of rotatable bonds is 8. The number of halogens is 9. The van der Waals surface area contributed by atoms with Gasteiger partial charge in [0.05, 0.1) is 35.0 Å². The number of nitrogens with one attached hydrogen (secondary N) is 1. The molecule has 20 heteroatoms. The number of amides is 3. The Hall–Kier alpha value is -5.11. The highest BCUT2D eigenvalue weighted by molar-refractivity contribution is 8.15. The molecule has 2 heterocycles. The van der Waals surface area contributed by atoms with Crippen LogP contribution in [0.2, 0.25) is 0 Å². The van der Waals surface area contributed by atoms with Gasteiger partial charge in [-0.1, -0.05) is 23.9 Å². The fourth-order valence-corrected chi connectivity index (χ4v) is 5.40. The third kappa shape index (κ3) is 9.11. The van der Waals surface area contributed by atoms with E-state index in [0.29, 0.717) is 11.6 Å². The van der Waals surface area contributed by atoms with Crippen molar-refractivity contribution in [3.05, 3.63) is 83.7 Å². The van der Waals surface area contributed by atoms with Crippen LogP contribution in [-0.2, 0) is 22.3 Å². The average Bonchev–Trinajstić information content (AvgIpc) is 3.63. The highest BCUT2D eigenvalue weighted by Gasteiger charge is 2.36. The second-order valence-electron chi connectivity index (χ2n) is 10.4. The Morgan fingerprint density at radius 3 is 2.36 bits per heavy atom. The van der Waals surface area contributed by atoms with Crippen LogP contribution in [0.5, 0.6) is 5.75 Å². The van der Waals surface area contributed by atoms with Crippen LogP contribution < -0.4 is 15.0 Å². The van der Waals surface area contributed by atoms with Crippen LogP contribution in [0.3, 0.4) is 0 Å². The fraction of sp³-hybridized carbons (Fsp3) is 0.233. The smallest absolute Gasteiger partial charge is 0.406 e. The Morgan fingerprint density at radius 1 is 0.980 bits per heavy atom. The van der Waals surface area contributed by atoms with Crippen molar-refractivity contribution in [1.82, 2.24) is 14.8 Å². The van der Waals surface area contributed by atoms with E-state index >= 15 is 0 Å². The van der Waals surface area contributed by atoms with E-state index in [9.17, 15) is 49.1 Å². The summed E-state index contributed by atoms with van der Waals surface area (Å²) in [7, 11) is 0. The highest BCUT2D eigenvalue weighted by atomic mass is 32.2. The molecule has 0 atom stereocenters. The van der Waals surface area contributed by atoms with Crippen molar-refractivity contribution in [1.29, 1.82) is 0 Å². The van der Waals surface area contributed by atoms with Crippen molar-refractivity contribution in [2.24, 2.45) is 4.99 Å². The summed E-state index contributed by atoms with van der Waals surface area (Å²) in [5, 5.41) is 5.91. The van der Waals surface area contributed by atoms with Gasteiger partial charge in [-0.15, -0.1) is 18.3 Å². The molecule has 50 heavy (non-hydrogen) atoms. The number of aromatic nitrogens is 3. The van der Waals surface area contributed by atoms with Gasteiger partial charge in [0.1, 0.15) is 18.7 Å². The van der Waals surface area contributed by atoms with Crippen molar-refractivity contribution >= 4 is 40.2 Å². The lowest BCUT2D eigenvalue weighted by Gasteiger charge is -2.21. The Morgan fingerprint density at radius 2 is 1.70 bits per heavy atom. The van der Waals surface area contributed by atoms with Gasteiger partial charge in [0, 0.05) is 11.1 Å². The SMILES string of the molecule is Cc1ccc(COCC(F)(F)F)c(N2C(=O)CS/C2=N\C(=O)Nc2ccc(-c3ncn(-c4ccc(OC(F)(F)F)cc4)n3)cc2C(F)(F)F)c1. The van der Waals surface area contributed by atoms with Crippen molar-refractivity contribution in [2.75, 3.05) is 22.6 Å².